The van der Waals surface area contributed by atoms with E-state index in [-0.39, 0.29) is 0 Å². The monoisotopic (exact) mass is 133 g/mol. The van der Waals surface area contributed by atoms with Gasteiger partial charge in [-0.2, -0.15) is 4.99 Å². The number of amidine groups is 1. The lowest BCUT2D eigenvalue weighted by atomic mass is 10.3. The van der Waals surface area contributed by atoms with Gasteiger partial charge in [0.05, 0.1) is 13.2 Å². The summed E-state index contributed by atoms with van der Waals surface area (Å²) in [5, 5.41) is 0. The molecule has 2 heteroatoms. The fraction of sp³-hybridized carbons (Fsp3) is 0.125. The Kier molecular flexibility index (Phi) is 0.939. The number of likely N-dealkylation sites (N-methyl/N-ethyl adjacent to an activating group) is 1. The second-order valence-corrected chi connectivity index (χ2v) is 2.63. The quantitative estimate of drug-likeness (QED) is 0.443. The van der Waals surface area contributed by atoms with Crippen molar-refractivity contribution in [2.75, 3.05) is 7.05 Å². The minimum absolute atomic E-state index is 0.719. The SMILES string of the molecule is C[N+]12C=CC=CC1=NC=C2. The zero-order chi connectivity index (χ0) is 7.03. The van der Waals surface area contributed by atoms with E-state index >= 15 is 0 Å². The lowest BCUT2D eigenvalue weighted by Crippen LogP contribution is -2.36. The molecule has 0 fully saturated rings. The number of rotatable bonds is 0. The Morgan fingerprint density at radius 3 is 3.00 bits per heavy atom. The van der Waals surface area contributed by atoms with Crippen LogP contribution in [0.25, 0.3) is 0 Å². The van der Waals surface area contributed by atoms with Gasteiger partial charge in [0.2, 0.25) is 5.84 Å². The normalized spacial score (nSPS) is 34.3. The first-order valence-electron chi connectivity index (χ1n) is 3.29. The van der Waals surface area contributed by atoms with E-state index in [4.69, 9.17) is 0 Å². The maximum absolute atomic E-state index is 4.20. The Bertz CT molecular complexity index is 271. The molecule has 0 saturated carbocycles. The average Bonchev–Trinajstić information content (AvgIpc) is 2.29. The lowest BCUT2D eigenvalue weighted by Gasteiger charge is -2.21. The van der Waals surface area contributed by atoms with Gasteiger partial charge in [0, 0.05) is 6.08 Å². The molecule has 1 unspecified atom stereocenters. The van der Waals surface area contributed by atoms with Crippen LogP contribution in [0.15, 0.2) is 41.8 Å². The van der Waals surface area contributed by atoms with Crippen LogP contribution < -0.4 is 0 Å². The molecule has 0 saturated heterocycles. The van der Waals surface area contributed by atoms with Crippen LogP contribution >= 0.6 is 0 Å². The van der Waals surface area contributed by atoms with E-state index in [0.717, 1.165) is 10.3 Å². The summed E-state index contributed by atoms with van der Waals surface area (Å²) in [6, 6.07) is 0. The number of quaternary nitrogens is 1. The molecule has 0 aromatic carbocycles. The van der Waals surface area contributed by atoms with Crippen molar-refractivity contribution in [1.29, 1.82) is 0 Å². The van der Waals surface area contributed by atoms with E-state index < -0.39 is 0 Å². The molecule has 2 heterocycles. The smallest absolute Gasteiger partial charge is 0.224 e. The lowest BCUT2D eigenvalue weighted by molar-refractivity contribution is -0.703. The molecule has 1 atom stereocenters. The molecule has 0 aromatic heterocycles. The average molecular weight is 133 g/mol. The standard InChI is InChI=1S/C8H9N2/c1-10-6-3-2-4-8(10)9-5-7-10/h2-7H,1H3/q+1. The molecule has 0 amide bonds. The van der Waals surface area contributed by atoms with Crippen molar-refractivity contribution in [3.8, 4) is 0 Å². The first kappa shape index (κ1) is 5.62. The van der Waals surface area contributed by atoms with E-state index in [1.54, 1.807) is 0 Å². The van der Waals surface area contributed by atoms with Crippen molar-refractivity contribution in [2.45, 2.75) is 0 Å². The van der Waals surface area contributed by atoms with Crippen LogP contribution in [-0.2, 0) is 0 Å². The summed E-state index contributed by atoms with van der Waals surface area (Å²) < 4.78 is 0.719. The molecule has 0 radical (unpaired) electrons. The summed E-state index contributed by atoms with van der Waals surface area (Å²) in [5.74, 6) is 1.09. The van der Waals surface area contributed by atoms with Gasteiger partial charge in [0.25, 0.3) is 0 Å². The van der Waals surface area contributed by atoms with Crippen molar-refractivity contribution in [1.82, 2.24) is 0 Å². The predicted molar refractivity (Wildman–Crippen MR) is 41.0 cm³/mol. The zero-order valence-corrected chi connectivity index (χ0v) is 5.86. The second-order valence-electron chi connectivity index (χ2n) is 2.63. The van der Waals surface area contributed by atoms with Crippen LogP contribution in [0.3, 0.4) is 0 Å². The van der Waals surface area contributed by atoms with Gasteiger partial charge in [-0.1, -0.05) is 0 Å². The number of fused-ring (bicyclic) bond motifs is 1. The van der Waals surface area contributed by atoms with Crippen molar-refractivity contribution >= 4 is 5.84 Å². The third-order valence-electron chi connectivity index (χ3n) is 1.83. The van der Waals surface area contributed by atoms with E-state index in [0.29, 0.717) is 0 Å². The van der Waals surface area contributed by atoms with Gasteiger partial charge in [-0.3, -0.25) is 0 Å². The molecule has 2 nitrogen and oxygen atoms in total. The molecule has 2 rings (SSSR count). The van der Waals surface area contributed by atoms with Gasteiger partial charge in [-0.05, 0) is 12.2 Å². The number of aliphatic imine (C=N–C) groups is 1. The molecular weight excluding hydrogens is 124 g/mol. The summed E-state index contributed by atoms with van der Waals surface area (Å²) in [6.07, 6.45) is 12.1. The van der Waals surface area contributed by atoms with Crippen LogP contribution in [0, 0.1) is 0 Å². The molecule has 50 valence electrons. The summed E-state index contributed by atoms with van der Waals surface area (Å²) >= 11 is 0. The highest BCUT2D eigenvalue weighted by Gasteiger charge is 2.27. The summed E-state index contributed by atoms with van der Waals surface area (Å²) in [4.78, 5) is 4.20. The number of allylic oxidation sites excluding steroid dienone is 2. The molecule has 0 bridgehead atoms. The highest BCUT2D eigenvalue weighted by Crippen LogP contribution is 2.18. The number of nitrogens with zero attached hydrogens (tertiary/aromatic N) is 2. The molecule has 2 aliphatic heterocycles. The van der Waals surface area contributed by atoms with Crippen LogP contribution in [-0.4, -0.2) is 17.4 Å². The maximum Gasteiger partial charge on any atom is 0.236 e. The minimum atomic E-state index is 0.719. The topological polar surface area (TPSA) is 12.4 Å². The van der Waals surface area contributed by atoms with E-state index in [1.165, 1.54) is 0 Å². The Morgan fingerprint density at radius 1 is 1.30 bits per heavy atom. The largest absolute Gasteiger partial charge is 0.236 e. The third kappa shape index (κ3) is 0.595. The van der Waals surface area contributed by atoms with Gasteiger partial charge in [0.1, 0.15) is 12.4 Å². The molecule has 0 aromatic rings. The van der Waals surface area contributed by atoms with E-state index in [9.17, 15) is 0 Å². The molecule has 0 spiro atoms. The molecule has 2 aliphatic rings. The van der Waals surface area contributed by atoms with Crippen LogP contribution in [0.1, 0.15) is 0 Å². The highest BCUT2D eigenvalue weighted by atomic mass is 15.4. The van der Waals surface area contributed by atoms with E-state index in [2.05, 4.69) is 24.4 Å². The van der Waals surface area contributed by atoms with Crippen LogP contribution in [0.2, 0.25) is 0 Å². The molecular formula is C8H9N2+. The second kappa shape index (κ2) is 1.67. The van der Waals surface area contributed by atoms with Gasteiger partial charge in [0.15, 0.2) is 0 Å². The van der Waals surface area contributed by atoms with Gasteiger partial charge in [-0.25, -0.2) is 4.48 Å². The first-order chi connectivity index (χ1) is 4.81. The zero-order valence-electron chi connectivity index (χ0n) is 5.86. The Hall–Kier alpha value is -1.15. The van der Waals surface area contributed by atoms with Crippen molar-refractivity contribution in [3.63, 3.8) is 0 Å². The Labute approximate surface area is 60.1 Å². The third-order valence-corrected chi connectivity index (χ3v) is 1.83. The molecule has 0 aliphatic carbocycles. The van der Waals surface area contributed by atoms with Crippen LogP contribution in [0.4, 0.5) is 0 Å². The number of hydrogen-bond acceptors (Lipinski definition) is 1. The maximum atomic E-state index is 4.20. The molecule has 10 heavy (non-hydrogen) atoms. The van der Waals surface area contributed by atoms with Gasteiger partial charge in [-0.15, -0.1) is 0 Å². The summed E-state index contributed by atoms with van der Waals surface area (Å²) in [7, 11) is 2.10. The predicted octanol–water partition coefficient (Wildman–Crippen LogP) is 1.40. The highest BCUT2D eigenvalue weighted by molar-refractivity contribution is 5.90. The Balaban J connectivity index is 2.51. The van der Waals surface area contributed by atoms with E-state index in [1.807, 2.05) is 24.4 Å². The number of hydrogen-bond donors (Lipinski definition) is 0. The van der Waals surface area contributed by atoms with Crippen molar-refractivity contribution in [3.05, 3.63) is 36.8 Å². The Morgan fingerprint density at radius 2 is 2.20 bits per heavy atom. The first-order valence-corrected chi connectivity index (χ1v) is 3.29. The minimum Gasteiger partial charge on any atom is -0.224 e. The van der Waals surface area contributed by atoms with Crippen molar-refractivity contribution < 1.29 is 4.48 Å². The fourth-order valence-electron chi connectivity index (χ4n) is 1.15. The van der Waals surface area contributed by atoms with Crippen LogP contribution in [0.5, 0.6) is 0 Å². The van der Waals surface area contributed by atoms with Gasteiger partial charge >= 0.3 is 0 Å². The van der Waals surface area contributed by atoms with Crippen molar-refractivity contribution in [2.24, 2.45) is 4.99 Å². The fourth-order valence-corrected chi connectivity index (χ4v) is 1.15. The van der Waals surface area contributed by atoms with Gasteiger partial charge < -0.3 is 0 Å². The molecule has 0 N–H and O–H groups in total. The summed E-state index contributed by atoms with van der Waals surface area (Å²) in [6.45, 7) is 0. The summed E-state index contributed by atoms with van der Waals surface area (Å²) in [5.41, 5.74) is 0.